The van der Waals surface area contributed by atoms with Crippen molar-refractivity contribution >= 4 is 23.0 Å². The van der Waals surface area contributed by atoms with E-state index in [1.54, 1.807) is 12.1 Å². The first-order valence-corrected chi connectivity index (χ1v) is 9.06. The highest BCUT2D eigenvalue weighted by atomic mass is 35.5. The molecule has 7 nitrogen and oxygen atoms in total. The van der Waals surface area contributed by atoms with Crippen molar-refractivity contribution in [2.24, 2.45) is 0 Å². The molecular weight excluding hydrogens is 346 g/mol. The van der Waals surface area contributed by atoms with E-state index in [0.717, 1.165) is 25.9 Å². The van der Waals surface area contributed by atoms with E-state index >= 15 is 0 Å². The third-order valence-corrected chi connectivity index (χ3v) is 4.50. The summed E-state index contributed by atoms with van der Waals surface area (Å²) < 4.78 is 5.45. The van der Waals surface area contributed by atoms with Gasteiger partial charge in [-0.3, -0.25) is 15.0 Å². The Balaban J connectivity index is 1.83. The van der Waals surface area contributed by atoms with E-state index in [9.17, 15) is 15.2 Å². The fraction of sp³-hybridized carbons (Fsp3) is 0.647. The molecule has 0 amide bonds. The molecule has 1 fully saturated rings. The average Bonchev–Trinajstić information content (AvgIpc) is 2.59. The average molecular weight is 372 g/mol. The SMILES string of the molecule is CCCCOC[C@H](O)CN1CCN(c2ccc(Cl)cc2[N+](=O)[O-])CC1. The van der Waals surface area contributed by atoms with Crippen LogP contribution in [-0.2, 0) is 4.74 Å². The summed E-state index contributed by atoms with van der Waals surface area (Å²) in [6, 6.07) is 4.76. The minimum atomic E-state index is -0.506. The van der Waals surface area contributed by atoms with Gasteiger partial charge >= 0.3 is 0 Å². The van der Waals surface area contributed by atoms with Crippen molar-refractivity contribution in [3.63, 3.8) is 0 Å². The second-order valence-corrected chi connectivity index (χ2v) is 6.70. The smallest absolute Gasteiger partial charge is 0.294 e. The van der Waals surface area contributed by atoms with Crippen LogP contribution in [0.1, 0.15) is 19.8 Å². The highest BCUT2D eigenvalue weighted by molar-refractivity contribution is 6.30. The standard InChI is InChI=1S/C17H26ClN3O4/c1-2-3-10-25-13-15(22)12-19-6-8-20(9-7-19)16-5-4-14(18)11-17(16)21(23)24/h4-5,11,15,22H,2-3,6-10,12-13H2,1H3/t15-/m1/s1. The molecule has 1 atom stereocenters. The molecule has 0 aromatic heterocycles. The number of nitrogens with zero attached hydrogens (tertiary/aromatic N) is 3. The number of unbranched alkanes of at least 4 members (excludes halogenated alkanes) is 1. The van der Waals surface area contributed by atoms with Gasteiger partial charge in [-0.05, 0) is 18.6 Å². The second-order valence-electron chi connectivity index (χ2n) is 6.26. The van der Waals surface area contributed by atoms with Crippen LogP contribution in [0.5, 0.6) is 0 Å². The molecule has 1 saturated heterocycles. The topological polar surface area (TPSA) is 79.1 Å². The number of hydrogen-bond acceptors (Lipinski definition) is 6. The van der Waals surface area contributed by atoms with Crippen molar-refractivity contribution in [1.29, 1.82) is 0 Å². The van der Waals surface area contributed by atoms with Crippen molar-refractivity contribution < 1.29 is 14.8 Å². The van der Waals surface area contributed by atoms with E-state index in [1.165, 1.54) is 6.07 Å². The Kier molecular flexibility index (Phi) is 7.90. The Morgan fingerprint density at radius 3 is 2.72 bits per heavy atom. The zero-order valence-electron chi connectivity index (χ0n) is 14.6. The van der Waals surface area contributed by atoms with Gasteiger partial charge in [0.15, 0.2) is 0 Å². The number of aliphatic hydroxyl groups excluding tert-OH is 1. The van der Waals surface area contributed by atoms with Crippen molar-refractivity contribution in [2.45, 2.75) is 25.9 Å². The number of β-amino-alcohol motifs (C(OH)–C–C–N with tert-alkyl or cyclic N) is 1. The Labute approximate surface area is 153 Å². The molecule has 0 saturated carbocycles. The van der Waals surface area contributed by atoms with Gasteiger partial charge in [-0.2, -0.15) is 0 Å². The predicted molar refractivity (Wildman–Crippen MR) is 98.5 cm³/mol. The summed E-state index contributed by atoms with van der Waals surface area (Å²) in [5.41, 5.74) is 0.628. The molecule has 25 heavy (non-hydrogen) atoms. The molecule has 0 spiro atoms. The van der Waals surface area contributed by atoms with Crippen LogP contribution in [0.4, 0.5) is 11.4 Å². The fourth-order valence-electron chi connectivity index (χ4n) is 2.90. The summed E-state index contributed by atoms with van der Waals surface area (Å²) in [5, 5.41) is 21.6. The van der Waals surface area contributed by atoms with Crippen molar-refractivity contribution in [3.8, 4) is 0 Å². The molecule has 0 radical (unpaired) electrons. The highest BCUT2D eigenvalue weighted by Gasteiger charge is 2.24. The second kappa shape index (κ2) is 9.91. The van der Waals surface area contributed by atoms with Gasteiger partial charge in [0, 0.05) is 50.4 Å². The number of hydrogen-bond donors (Lipinski definition) is 1. The van der Waals surface area contributed by atoms with E-state index in [1.807, 2.05) is 4.90 Å². The lowest BCUT2D eigenvalue weighted by Crippen LogP contribution is -2.49. The van der Waals surface area contributed by atoms with E-state index in [0.29, 0.717) is 43.6 Å². The molecule has 140 valence electrons. The normalized spacial score (nSPS) is 16.8. The Morgan fingerprint density at radius 2 is 2.08 bits per heavy atom. The Bertz CT molecular complexity index is 565. The van der Waals surface area contributed by atoms with Crippen LogP contribution in [0.2, 0.25) is 5.02 Å². The molecular formula is C17H26ClN3O4. The van der Waals surface area contributed by atoms with Crippen LogP contribution in [0, 0.1) is 10.1 Å². The molecule has 1 N–H and O–H groups in total. The van der Waals surface area contributed by atoms with Gasteiger partial charge in [-0.15, -0.1) is 0 Å². The van der Waals surface area contributed by atoms with Crippen LogP contribution < -0.4 is 4.90 Å². The first-order valence-electron chi connectivity index (χ1n) is 8.68. The lowest BCUT2D eigenvalue weighted by Gasteiger charge is -2.36. The molecule has 1 aromatic carbocycles. The van der Waals surface area contributed by atoms with Crippen molar-refractivity contribution in [2.75, 3.05) is 50.8 Å². The van der Waals surface area contributed by atoms with Gasteiger partial charge in [0.05, 0.1) is 17.6 Å². The maximum atomic E-state index is 11.2. The molecule has 8 heteroatoms. The van der Waals surface area contributed by atoms with Crippen molar-refractivity contribution in [3.05, 3.63) is 33.3 Å². The summed E-state index contributed by atoms with van der Waals surface area (Å²) in [4.78, 5) is 15.0. The summed E-state index contributed by atoms with van der Waals surface area (Å²) in [5.74, 6) is 0. The number of nitro benzene ring substituents is 1. The maximum Gasteiger partial charge on any atom is 0.294 e. The summed E-state index contributed by atoms with van der Waals surface area (Å²) in [7, 11) is 0. The van der Waals surface area contributed by atoms with E-state index < -0.39 is 11.0 Å². The first kappa shape index (κ1) is 19.9. The lowest BCUT2D eigenvalue weighted by molar-refractivity contribution is -0.384. The Hall–Kier alpha value is -1.41. The number of benzene rings is 1. The monoisotopic (exact) mass is 371 g/mol. The fourth-order valence-corrected chi connectivity index (χ4v) is 3.06. The van der Waals surface area contributed by atoms with Gasteiger partial charge in [0.1, 0.15) is 5.69 Å². The minimum Gasteiger partial charge on any atom is -0.389 e. The molecule has 1 aliphatic rings. The molecule has 0 unspecified atom stereocenters. The van der Waals surface area contributed by atoms with E-state index in [-0.39, 0.29) is 5.69 Å². The highest BCUT2D eigenvalue weighted by Crippen LogP contribution is 2.31. The van der Waals surface area contributed by atoms with E-state index in [4.69, 9.17) is 16.3 Å². The molecule has 1 heterocycles. The van der Waals surface area contributed by atoms with Crippen molar-refractivity contribution in [1.82, 2.24) is 4.90 Å². The van der Waals surface area contributed by atoms with Crippen LogP contribution in [0.3, 0.4) is 0 Å². The zero-order chi connectivity index (χ0) is 18.2. The molecule has 1 aliphatic heterocycles. The maximum absolute atomic E-state index is 11.2. The number of halogens is 1. The lowest BCUT2D eigenvalue weighted by atomic mass is 10.2. The molecule has 2 rings (SSSR count). The summed E-state index contributed by atoms with van der Waals surface area (Å²) in [6.07, 6.45) is 1.58. The van der Waals surface area contributed by atoms with Crippen LogP contribution in [-0.4, -0.2) is 67.0 Å². The zero-order valence-corrected chi connectivity index (χ0v) is 15.3. The third-order valence-electron chi connectivity index (χ3n) is 4.27. The predicted octanol–water partition coefficient (Wildman–Crippen LogP) is 2.55. The molecule has 1 aromatic rings. The number of rotatable bonds is 9. The number of nitro groups is 1. The van der Waals surface area contributed by atoms with Gasteiger partial charge in [-0.1, -0.05) is 24.9 Å². The Morgan fingerprint density at radius 1 is 1.36 bits per heavy atom. The molecule has 0 bridgehead atoms. The van der Waals surface area contributed by atoms with Gasteiger partial charge in [0.2, 0.25) is 0 Å². The number of anilines is 1. The van der Waals surface area contributed by atoms with Crippen LogP contribution >= 0.6 is 11.6 Å². The number of piperazine rings is 1. The first-order chi connectivity index (χ1) is 12.0. The van der Waals surface area contributed by atoms with Gasteiger partial charge in [0.25, 0.3) is 5.69 Å². The molecule has 0 aliphatic carbocycles. The van der Waals surface area contributed by atoms with Crippen LogP contribution in [0.15, 0.2) is 18.2 Å². The van der Waals surface area contributed by atoms with E-state index in [2.05, 4.69) is 11.8 Å². The summed E-state index contributed by atoms with van der Waals surface area (Å²) in [6.45, 7) is 6.52. The number of ether oxygens (including phenoxy) is 1. The van der Waals surface area contributed by atoms with Gasteiger partial charge in [-0.25, -0.2) is 0 Å². The summed E-state index contributed by atoms with van der Waals surface area (Å²) >= 11 is 5.87. The van der Waals surface area contributed by atoms with Crippen LogP contribution in [0.25, 0.3) is 0 Å². The third kappa shape index (κ3) is 6.11. The quantitative estimate of drug-likeness (QED) is 0.408. The number of aliphatic hydroxyl groups is 1. The minimum absolute atomic E-state index is 0.0327. The van der Waals surface area contributed by atoms with Gasteiger partial charge < -0.3 is 14.7 Å². The largest absolute Gasteiger partial charge is 0.389 e.